The van der Waals surface area contributed by atoms with E-state index >= 15 is 0 Å². The van der Waals surface area contributed by atoms with Crippen LogP contribution in [-0.2, 0) is 0 Å². The average molecular weight is 240 g/mol. The highest BCUT2D eigenvalue weighted by Gasteiger charge is 2.23. The zero-order chi connectivity index (χ0) is 12.4. The number of nitrogens with one attached hydrogen (secondary N) is 1. The van der Waals surface area contributed by atoms with E-state index in [0.717, 1.165) is 25.6 Å². The van der Waals surface area contributed by atoms with Gasteiger partial charge in [0.2, 0.25) is 0 Å². The Morgan fingerprint density at radius 3 is 2.47 bits per heavy atom. The topological polar surface area (TPSA) is 15.3 Å². The van der Waals surface area contributed by atoms with Gasteiger partial charge in [-0.15, -0.1) is 0 Å². The molecule has 4 heteroatoms. The summed E-state index contributed by atoms with van der Waals surface area (Å²) in [5.74, 6) is -1.03. The molecular weight excluding hydrogens is 222 g/mol. The summed E-state index contributed by atoms with van der Waals surface area (Å²) in [6.07, 6.45) is 1.01. The summed E-state index contributed by atoms with van der Waals surface area (Å²) in [5.41, 5.74) is 0.635. The lowest BCUT2D eigenvalue weighted by atomic mass is 10.2. The van der Waals surface area contributed by atoms with Gasteiger partial charge in [-0.05, 0) is 18.6 Å². The number of hydrogen-bond acceptors (Lipinski definition) is 2. The lowest BCUT2D eigenvalue weighted by Gasteiger charge is -2.20. The quantitative estimate of drug-likeness (QED) is 0.873. The lowest BCUT2D eigenvalue weighted by molar-refractivity contribution is 0.492. The van der Waals surface area contributed by atoms with Gasteiger partial charge in [0.05, 0.1) is 0 Å². The fraction of sp³-hybridized carbons (Fsp3) is 0.538. The number of halogens is 2. The molecule has 1 unspecified atom stereocenters. The van der Waals surface area contributed by atoms with Crippen molar-refractivity contribution in [3.05, 3.63) is 29.8 Å². The van der Waals surface area contributed by atoms with Gasteiger partial charge in [0.15, 0.2) is 0 Å². The maximum absolute atomic E-state index is 13.1. The average Bonchev–Trinajstić information content (AvgIpc) is 2.63. The molecule has 0 spiro atoms. The van der Waals surface area contributed by atoms with Crippen molar-refractivity contribution in [3.8, 4) is 0 Å². The van der Waals surface area contributed by atoms with Crippen LogP contribution in [0.5, 0.6) is 0 Å². The van der Waals surface area contributed by atoms with Gasteiger partial charge in [-0.2, -0.15) is 0 Å². The summed E-state index contributed by atoms with van der Waals surface area (Å²) in [6.45, 7) is 5.85. The van der Waals surface area contributed by atoms with E-state index in [1.807, 2.05) is 4.90 Å². The minimum Gasteiger partial charge on any atom is -0.370 e. The molecule has 1 aliphatic heterocycles. The van der Waals surface area contributed by atoms with Crippen molar-refractivity contribution in [2.75, 3.05) is 18.0 Å². The van der Waals surface area contributed by atoms with Crippen LogP contribution in [0.2, 0.25) is 0 Å². The summed E-state index contributed by atoms with van der Waals surface area (Å²) < 4.78 is 26.2. The van der Waals surface area contributed by atoms with E-state index in [2.05, 4.69) is 19.2 Å². The predicted molar refractivity (Wildman–Crippen MR) is 65.2 cm³/mol. The normalized spacial score (nSPS) is 20.3. The molecule has 2 rings (SSSR count). The van der Waals surface area contributed by atoms with Gasteiger partial charge >= 0.3 is 0 Å². The maximum atomic E-state index is 13.1. The smallest absolute Gasteiger partial charge is 0.128 e. The summed E-state index contributed by atoms with van der Waals surface area (Å²) >= 11 is 0. The van der Waals surface area contributed by atoms with E-state index in [1.165, 1.54) is 12.1 Å². The summed E-state index contributed by atoms with van der Waals surface area (Å²) in [7, 11) is 0. The van der Waals surface area contributed by atoms with Crippen molar-refractivity contribution in [2.24, 2.45) is 0 Å². The molecule has 2 nitrogen and oxygen atoms in total. The molecule has 1 atom stereocenters. The zero-order valence-corrected chi connectivity index (χ0v) is 10.2. The van der Waals surface area contributed by atoms with E-state index in [-0.39, 0.29) is 0 Å². The van der Waals surface area contributed by atoms with Crippen LogP contribution in [-0.4, -0.2) is 25.2 Å². The van der Waals surface area contributed by atoms with Crippen molar-refractivity contribution in [2.45, 2.75) is 32.4 Å². The van der Waals surface area contributed by atoms with Crippen LogP contribution in [0.25, 0.3) is 0 Å². The first-order valence-electron chi connectivity index (χ1n) is 6.01. The molecular formula is C13H18F2N2. The summed E-state index contributed by atoms with van der Waals surface area (Å²) in [4.78, 5) is 2.02. The fourth-order valence-electron chi connectivity index (χ4n) is 2.32. The Morgan fingerprint density at radius 1 is 1.24 bits per heavy atom. The second-order valence-corrected chi connectivity index (χ2v) is 4.88. The second kappa shape index (κ2) is 5.00. The van der Waals surface area contributed by atoms with E-state index in [9.17, 15) is 8.78 Å². The molecule has 1 aromatic carbocycles. The van der Waals surface area contributed by atoms with Crippen LogP contribution < -0.4 is 10.2 Å². The zero-order valence-electron chi connectivity index (χ0n) is 10.2. The number of rotatable bonds is 3. The number of benzene rings is 1. The fourth-order valence-corrected chi connectivity index (χ4v) is 2.32. The molecule has 17 heavy (non-hydrogen) atoms. The van der Waals surface area contributed by atoms with Crippen molar-refractivity contribution >= 4 is 5.69 Å². The molecule has 1 N–H and O–H groups in total. The van der Waals surface area contributed by atoms with Gasteiger partial charge in [0.1, 0.15) is 11.6 Å². The Labute approximate surface area is 101 Å². The maximum Gasteiger partial charge on any atom is 0.128 e. The van der Waals surface area contributed by atoms with Crippen LogP contribution in [0.1, 0.15) is 20.3 Å². The largest absolute Gasteiger partial charge is 0.370 e. The van der Waals surface area contributed by atoms with Gasteiger partial charge < -0.3 is 10.2 Å². The van der Waals surface area contributed by atoms with Gasteiger partial charge in [-0.1, -0.05) is 13.8 Å². The van der Waals surface area contributed by atoms with Crippen LogP contribution >= 0.6 is 0 Å². The van der Waals surface area contributed by atoms with Crippen LogP contribution in [0, 0.1) is 11.6 Å². The molecule has 1 saturated heterocycles. The predicted octanol–water partition coefficient (Wildman–Crippen LogP) is 2.54. The number of nitrogens with zero attached hydrogens (tertiary/aromatic N) is 1. The number of anilines is 1. The SMILES string of the molecule is CC(C)NC1CCN(c2cc(F)cc(F)c2)C1. The molecule has 0 saturated carbocycles. The molecule has 1 fully saturated rings. The minimum absolute atomic E-state index is 0.404. The molecule has 1 heterocycles. The first-order chi connectivity index (χ1) is 8.04. The Kier molecular flexibility index (Phi) is 3.62. The highest BCUT2D eigenvalue weighted by molar-refractivity contribution is 5.48. The first kappa shape index (κ1) is 12.3. The van der Waals surface area contributed by atoms with Crippen molar-refractivity contribution in [3.63, 3.8) is 0 Å². The lowest BCUT2D eigenvalue weighted by Crippen LogP contribution is -2.37. The van der Waals surface area contributed by atoms with Crippen molar-refractivity contribution < 1.29 is 8.78 Å². The van der Waals surface area contributed by atoms with E-state index in [1.54, 1.807) is 0 Å². The monoisotopic (exact) mass is 240 g/mol. The van der Waals surface area contributed by atoms with Crippen LogP contribution in [0.4, 0.5) is 14.5 Å². The molecule has 1 aliphatic rings. The third-order valence-electron chi connectivity index (χ3n) is 2.97. The number of hydrogen-bond donors (Lipinski definition) is 1. The standard InChI is InChI=1S/C13H18F2N2/c1-9(2)16-12-3-4-17(8-12)13-6-10(14)5-11(15)7-13/h5-7,9,12,16H,3-4,8H2,1-2H3. The third kappa shape index (κ3) is 3.16. The first-order valence-corrected chi connectivity index (χ1v) is 6.01. The molecule has 0 aliphatic carbocycles. The summed E-state index contributed by atoms with van der Waals surface area (Å²) in [5, 5.41) is 3.44. The molecule has 1 aromatic rings. The molecule has 0 radical (unpaired) electrons. The van der Waals surface area contributed by atoms with Crippen LogP contribution in [0.3, 0.4) is 0 Å². The Hall–Kier alpha value is -1.16. The molecule has 0 amide bonds. The molecule has 94 valence electrons. The van der Waals surface area contributed by atoms with E-state index < -0.39 is 11.6 Å². The van der Waals surface area contributed by atoms with Gasteiger partial charge in [0.25, 0.3) is 0 Å². The Balaban J connectivity index is 2.04. The van der Waals surface area contributed by atoms with Gasteiger partial charge in [0, 0.05) is 36.9 Å². The van der Waals surface area contributed by atoms with Gasteiger partial charge in [-0.25, -0.2) is 8.78 Å². The Morgan fingerprint density at radius 2 is 1.88 bits per heavy atom. The summed E-state index contributed by atoms with van der Waals surface area (Å²) in [6, 6.07) is 4.52. The van der Waals surface area contributed by atoms with E-state index in [0.29, 0.717) is 17.8 Å². The highest BCUT2D eigenvalue weighted by Crippen LogP contribution is 2.22. The molecule has 0 bridgehead atoms. The highest BCUT2D eigenvalue weighted by atomic mass is 19.1. The van der Waals surface area contributed by atoms with Crippen LogP contribution in [0.15, 0.2) is 18.2 Å². The van der Waals surface area contributed by atoms with E-state index in [4.69, 9.17) is 0 Å². The minimum atomic E-state index is -0.514. The third-order valence-corrected chi connectivity index (χ3v) is 2.97. The van der Waals surface area contributed by atoms with Gasteiger partial charge in [-0.3, -0.25) is 0 Å². The second-order valence-electron chi connectivity index (χ2n) is 4.88. The molecule has 0 aromatic heterocycles. The van der Waals surface area contributed by atoms with Crippen molar-refractivity contribution in [1.82, 2.24) is 5.32 Å². The van der Waals surface area contributed by atoms with Crippen molar-refractivity contribution in [1.29, 1.82) is 0 Å². The Bertz CT molecular complexity index is 373.